The molecular weight excluding hydrogens is 554 g/mol. The monoisotopic (exact) mass is 599 g/mol. The highest BCUT2D eigenvalue weighted by atomic mass is 16.8. The number of ether oxygens (including phenoxy) is 2. The Kier molecular flexibility index (Phi) is 10.3. The van der Waals surface area contributed by atoms with E-state index in [1.165, 1.54) is 5.56 Å². The number of amides is 2. The molecule has 3 aromatic rings. The number of benzene rings is 2. The summed E-state index contributed by atoms with van der Waals surface area (Å²) >= 11 is 0. The van der Waals surface area contributed by atoms with Gasteiger partial charge in [0, 0.05) is 26.2 Å². The van der Waals surface area contributed by atoms with Crippen molar-refractivity contribution in [2.24, 2.45) is 11.3 Å². The fourth-order valence-corrected chi connectivity index (χ4v) is 5.63. The summed E-state index contributed by atoms with van der Waals surface area (Å²) in [7, 11) is 0. The van der Waals surface area contributed by atoms with E-state index >= 15 is 0 Å². The van der Waals surface area contributed by atoms with Gasteiger partial charge in [-0.2, -0.15) is 0 Å². The summed E-state index contributed by atoms with van der Waals surface area (Å²) in [5.74, 6) is -3.29. The van der Waals surface area contributed by atoms with Crippen LogP contribution in [0.4, 0.5) is 0 Å². The van der Waals surface area contributed by atoms with Gasteiger partial charge in [-0.15, -0.1) is 0 Å². The van der Waals surface area contributed by atoms with E-state index in [0.717, 1.165) is 22.3 Å². The molecular formula is C36H45N3O5. The number of pyridine rings is 1. The molecule has 2 heterocycles. The minimum Gasteiger partial charge on any atom is -0.432 e. The smallest absolute Gasteiger partial charge is 0.338 e. The number of carbonyl (C=O) groups is 3. The standard InChI is InChI=1S/C36H45N3O5/c1-23-13-10-16-26(21-23)28-18-9-8-14-25(28)15-11-19-29(30-34(42)44-36(6,7)43-30)32(40)39-31(35(3,4)5)33(41)38-24(2)27-17-12-20-37-22-27/h8-10,12-14,16-18,20-22,24,29-31H,11,15,19H2,1-7H3,(H,38,41)(H,39,40)/t24-,29-,30+,31-/m1/s1. The molecule has 234 valence electrons. The van der Waals surface area contributed by atoms with E-state index in [-0.39, 0.29) is 11.9 Å². The maximum absolute atomic E-state index is 14.0. The first-order valence-corrected chi connectivity index (χ1v) is 15.3. The summed E-state index contributed by atoms with van der Waals surface area (Å²) in [5.41, 5.74) is 4.86. The molecule has 0 aliphatic carbocycles. The van der Waals surface area contributed by atoms with Crippen LogP contribution in [0.1, 0.15) is 77.1 Å². The van der Waals surface area contributed by atoms with Gasteiger partial charge in [0.25, 0.3) is 0 Å². The summed E-state index contributed by atoms with van der Waals surface area (Å²) in [4.78, 5) is 44.6. The number of aromatic nitrogens is 1. The van der Waals surface area contributed by atoms with Crippen LogP contribution in [0.5, 0.6) is 0 Å². The molecule has 1 aliphatic rings. The first-order valence-electron chi connectivity index (χ1n) is 15.3. The first kappa shape index (κ1) is 32.9. The number of hydrogen-bond acceptors (Lipinski definition) is 6. The van der Waals surface area contributed by atoms with Crippen molar-refractivity contribution >= 4 is 17.8 Å². The predicted molar refractivity (Wildman–Crippen MR) is 170 cm³/mol. The molecule has 1 aliphatic heterocycles. The van der Waals surface area contributed by atoms with Crippen molar-refractivity contribution in [1.82, 2.24) is 15.6 Å². The lowest BCUT2D eigenvalue weighted by atomic mass is 9.84. The van der Waals surface area contributed by atoms with Crippen LogP contribution in [-0.2, 0) is 30.3 Å². The molecule has 4 atom stereocenters. The number of cyclic esters (lactones) is 1. The Morgan fingerprint density at radius 3 is 2.39 bits per heavy atom. The Hall–Kier alpha value is -4.04. The number of aryl methyl sites for hydroxylation is 2. The predicted octanol–water partition coefficient (Wildman–Crippen LogP) is 6.08. The molecule has 1 fully saturated rings. The first-order chi connectivity index (χ1) is 20.7. The minimum atomic E-state index is -1.14. The highest BCUT2D eigenvalue weighted by Crippen LogP contribution is 2.32. The maximum atomic E-state index is 14.0. The van der Waals surface area contributed by atoms with Crippen molar-refractivity contribution in [3.05, 3.63) is 89.7 Å². The Morgan fingerprint density at radius 2 is 1.75 bits per heavy atom. The molecule has 1 saturated heterocycles. The van der Waals surface area contributed by atoms with Crippen molar-refractivity contribution in [1.29, 1.82) is 0 Å². The molecule has 8 heteroatoms. The third-order valence-electron chi connectivity index (χ3n) is 7.96. The third-order valence-corrected chi connectivity index (χ3v) is 7.96. The number of nitrogens with one attached hydrogen (secondary N) is 2. The Labute approximate surface area is 261 Å². The number of rotatable bonds is 11. The lowest BCUT2D eigenvalue weighted by Gasteiger charge is -2.33. The highest BCUT2D eigenvalue weighted by Gasteiger charge is 2.48. The lowest BCUT2D eigenvalue weighted by Crippen LogP contribution is -2.56. The van der Waals surface area contributed by atoms with E-state index in [0.29, 0.717) is 19.3 Å². The van der Waals surface area contributed by atoms with Gasteiger partial charge in [-0.3, -0.25) is 14.6 Å². The van der Waals surface area contributed by atoms with Crippen molar-refractivity contribution < 1.29 is 23.9 Å². The topological polar surface area (TPSA) is 107 Å². The molecule has 2 amide bonds. The summed E-state index contributed by atoms with van der Waals surface area (Å²) in [5, 5.41) is 5.99. The van der Waals surface area contributed by atoms with Crippen molar-refractivity contribution in [2.75, 3.05) is 0 Å². The van der Waals surface area contributed by atoms with E-state index in [1.54, 1.807) is 26.2 Å². The molecule has 0 radical (unpaired) electrons. The second-order valence-electron chi connectivity index (χ2n) is 13.2. The van der Waals surface area contributed by atoms with Gasteiger partial charge < -0.3 is 20.1 Å². The van der Waals surface area contributed by atoms with Gasteiger partial charge in [-0.05, 0) is 66.8 Å². The number of carbonyl (C=O) groups excluding carboxylic acids is 3. The maximum Gasteiger partial charge on any atom is 0.338 e. The van der Waals surface area contributed by atoms with Crippen LogP contribution in [0.25, 0.3) is 11.1 Å². The van der Waals surface area contributed by atoms with Gasteiger partial charge in [0.2, 0.25) is 17.6 Å². The summed E-state index contributed by atoms with van der Waals surface area (Å²) in [6, 6.07) is 19.1. The van der Waals surface area contributed by atoms with E-state index < -0.39 is 41.1 Å². The molecule has 0 saturated carbocycles. The third kappa shape index (κ3) is 8.32. The fourth-order valence-electron chi connectivity index (χ4n) is 5.63. The second kappa shape index (κ2) is 13.7. The van der Waals surface area contributed by atoms with Crippen molar-refractivity contribution in [2.45, 2.75) is 91.7 Å². The van der Waals surface area contributed by atoms with E-state index in [4.69, 9.17) is 9.47 Å². The summed E-state index contributed by atoms with van der Waals surface area (Å²) < 4.78 is 11.4. The van der Waals surface area contributed by atoms with Gasteiger partial charge in [-0.25, -0.2) is 4.79 Å². The number of esters is 1. The van der Waals surface area contributed by atoms with Crippen LogP contribution in [0.2, 0.25) is 0 Å². The largest absolute Gasteiger partial charge is 0.432 e. The molecule has 8 nitrogen and oxygen atoms in total. The van der Waals surface area contributed by atoms with Gasteiger partial charge in [0.15, 0.2) is 6.10 Å². The fraction of sp³-hybridized carbons (Fsp3) is 0.444. The average Bonchev–Trinajstić information content (AvgIpc) is 3.25. The Bertz CT molecular complexity index is 1460. The molecule has 0 bridgehead atoms. The van der Waals surface area contributed by atoms with Gasteiger partial charge in [0.05, 0.1) is 12.0 Å². The van der Waals surface area contributed by atoms with Crippen LogP contribution in [0, 0.1) is 18.3 Å². The zero-order chi connectivity index (χ0) is 32.1. The van der Waals surface area contributed by atoms with Gasteiger partial charge in [-0.1, -0.05) is 80.9 Å². The zero-order valence-electron chi connectivity index (χ0n) is 26.8. The molecule has 1 aromatic heterocycles. The van der Waals surface area contributed by atoms with Crippen LogP contribution >= 0.6 is 0 Å². The SMILES string of the molecule is Cc1cccc(-c2ccccc2CCC[C@@H](C(=O)N[C@H](C(=O)N[C@H](C)c2cccnc2)C(C)(C)C)[C@@H]2OC(C)(C)OC2=O)c1. The zero-order valence-corrected chi connectivity index (χ0v) is 26.8. The molecule has 0 spiro atoms. The van der Waals surface area contributed by atoms with Gasteiger partial charge in [0.1, 0.15) is 6.04 Å². The molecule has 4 rings (SSSR count). The van der Waals surface area contributed by atoms with Crippen LogP contribution in [-0.4, -0.2) is 40.7 Å². The second-order valence-corrected chi connectivity index (χ2v) is 13.2. The van der Waals surface area contributed by atoms with E-state index in [2.05, 4.69) is 52.9 Å². The van der Waals surface area contributed by atoms with E-state index in [9.17, 15) is 14.4 Å². The normalized spacial score (nSPS) is 18.2. The van der Waals surface area contributed by atoms with Crippen molar-refractivity contribution in [3.8, 4) is 11.1 Å². The lowest BCUT2D eigenvalue weighted by molar-refractivity contribution is -0.162. The number of hydrogen-bond donors (Lipinski definition) is 2. The minimum absolute atomic E-state index is 0.309. The Morgan fingerprint density at radius 1 is 1.00 bits per heavy atom. The average molecular weight is 600 g/mol. The summed E-state index contributed by atoms with van der Waals surface area (Å²) in [6.07, 6.45) is 4.00. The Balaban J connectivity index is 1.53. The highest BCUT2D eigenvalue weighted by molar-refractivity contribution is 5.92. The van der Waals surface area contributed by atoms with Crippen molar-refractivity contribution in [3.63, 3.8) is 0 Å². The van der Waals surface area contributed by atoms with Crippen LogP contribution in [0.15, 0.2) is 73.1 Å². The van der Waals surface area contributed by atoms with Crippen LogP contribution < -0.4 is 10.6 Å². The van der Waals surface area contributed by atoms with Crippen LogP contribution in [0.3, 0.4) is 0 Å². The van der Waals surface area contributed by atoms with Gasteiger partial charge >= 0.3 is 5.97 Å². The summed E-state index contributed by atoms with van der Waals surface area (Å²) in [6.45, 7) is 12.9. The molecule has 2 N–H and O–H groups in total. The van der Waals surface area contributed by atoms with E-state index in [1.807, 2.05) is 58.0 Å². The molecule has 0 unspecified atom stereocenters. The molecule has 2 aromatic carbocycles. The molecule has 44 heavy (non-hydrogen) atoms. The quantitative estimate of drug-likeness (QED) is 0.259. The number of nitrogens with zero attached hydrogens (tertiary/aromatic N) is 1.